The zero-order valence-corrected chi connectivity index (χ0v) is 13.5. The summed E-state index contributed by atoms with van der Waals surface area (Å²) in [6.07, 6.45) is 2.67. The largest absolute Gasteiger partial charge is 0.444 e. The summed E-state index contributed by atoms with van der Waals surface area (Å²) in [5.74, 6) is 0. The van der Waals surface area contributed by atoms with Crippen molar-refractivity contribution in [2.75, 3.05) is 13.1 Å². The highest BCUT2D eigenvalue weighted by molar-refractivity contribution is 5.69. The van der Waals surface area contributed by atoms with E-state index in [-0.39, 0.29) is 11.5 Å². The smallest absolute Gasteiger partial charge is 0.410 e. The van der Waals surface area contributed by atoms with Gasteiger partial charge in [-0.05, 0) is 57.2 Å². The van der Waals surface area contributed by atoms with Crippen molar-refractivity contribution in [2.45, 2.75) is 51.0 Å². The third-order valence-corrected chi connectivity index (χ3v) is 4.73. The molecule has 4 heteroatoms. The Labute approximate surface area is 131 Å². The highest BCUT2D eigenvalue weighted by Crippen LogP contribution is 2.46. The van der Waals surface area contributed by atoms with Crippen molar-refractivity contribution in [3.63, 3.8) is 0 Å². The summed E-state index contributed by atoms with van der Waals surface area (Å²) >= 11 is 0. The van der Waals surface area contributed by atoms with Gasteiger partial charge in [0.2, 0.25) is 0 Å². The summed E-state index contributed by atoms with van der Waals surface area (Å²) in [6.45, 7) is 7.09. The molecule has 2 aliphatic rings. The lowest BCUT2D eigenvalue weighted by Gasteiger charge is -2.27. The monoisotopic (exact) mass is 298 g/mol. The van der Waals surface area contributed by atoms with E-state index in [4.69, 9.17) is 4.74 Å². The number of hydrogen-bond donors (Lipinski definition) is 0. The van der Waals surface area contributed by atoms with Crippen LogP contribution >= 0.6 is 0 Å². The van der Waals surface area contributed by atoms with Gasteiger partial charge in [0.05, 0.1) is 11.6 Å². The summed E-state index contributed by atoms with van der Waals surface area (Å²) < 4.78 is 5.49. The minimum Gasteiger partial charge on any atom is -0.444 e. The number of rotatable bonds is 0. The first-order chi connectivity index (χ1) is 10.3. The van der Waals surface area contributed by atoms with Gasteiger partial charge in [-0.2, -0.15) is 5.26 Å². The van der Waals surface area contributed by atoms with Crippen LogP contribution in [0.2, 0.25) is 0 Å². The fourth-order valence-corrected chi connectivity index (χ4v) is 3.74. The molecule has 1 unspecified atom stereocenters. The molecule has 1 aliphatic heterocycles. The summed E-state index contributed by atoms with van der Waals surface area (Å²) in [5, 5.41) is 9.27. The number of nitriles is 1. The van der Waals surface area contributed by atoms with Crippen LogP contribution in [0.5, 0.6) is 0 Å². The highest BCUT2D eigenvalue weighted by atomic mass is 16.6. The molecule has 0 radical (unpaired) electrons. The number of hydrogen-bond acceptors (Lipinski definition) is 3. The second kappa shape index (κ2) is 5.01. The van der Waals surface area contributed by atoms with Crippen LogP contribution in [-0.4, -0.2) is 29.7 Å². The van der Waals surface area contributed by atoms with Gasteiger partial charge in [0, 0.05) is 18.5 Å². The SMILES string of the molecule is CC(C)(C)OC(=O)N1CCC2(CCc3c(C#N)cccc32)C1. The van der Waals surface area contributed by atoms with E-state index in [9.17, 15) is 10.1 Å². The molecule has 0 aromatic heterocycles. The van der Waals surface area contributed by atoms with Gasteiger partial charge in [-0.3, -0.25) is 0 Å². The quantitative estimate of drug-likeness (QED) is 0.738. The van der Waals surface area contributed by atoms with Crippen LogP contribution in [0.25, 0.3) is 0 Å². The molecule has 3 rings (SSSR count). The lowest BCUT2D eigenvalue weighted by Crippen LogP contribution is -2.37. The lowest BCUT2D eigenvalue weighted by atomic mass is 9.81. The van der Waals surface area contributed by atoms with Crippen molar-refractivity contribution >= 4 is 6.09 Å². The first-order valence-electron chi connectivity index (χ1n) is 7.85. The van der Waals surface area contributed by atoms with Gasteiger partial charge in [-0.15, -0.1) is 0 Å². The average molecular weight is 298 g/mol. The number of amides is 1. The van der Waals surface area contributed by atoms with Gasteiger partial charge >= 0.3 is 6.09 Å². The van der Waals surface area contributed by atoms with Crippen LogP contribution in [-0.2, 0) is 16.6 Å². The molecule has 116 valence electrons. The lowest BCUT2D eigenvalue weighted by molar-refractivity contribution is 0.0284. The van der Waals surface area contributed by atoms with E-state index in [1.165, 1.54) is 11.1 Å². The van der Waals surface area contributed by atoms with E-state index < -0.39 is 5.60 Å². The predicted molar refractivity (Wildman–Crippen MR) is 83.6 cm³/mol. The Morgan fingerprint density at radius 3 is 2.82 bits per heavy atom. The van der Waals surface area contributed by atoms with Gasteiger partial charge in [0.25, 0.3) is 0 Å². The molecule has 22 heavy (non-hydrogen) atoms. The molecule has 1 aliphatic carbocycles. The van der Waals surface area contributed by atoms with Crippen molar-refractivity contribution in [2.24, 2.45) is 0 Å². The molecule has 1 spiro atoms. The van der Waals surface area contributed by atoms with E-state index >= 15 is 0 Å². The third kappa shape index (κ3) is 2.45. The van der Waals surface area contributed by atoms with E-state index in [0.29, 0.717) is 6.54 Å². The average Bonchev–Trinajstić information content (AvgIpc) is 3.03. The Morgan fingerprint density at radius 1 is 1.36 bits per heavy atom. The molecule has 0 N–H and O–H groups in total. The molecule has 4 nitrogen and oxygen atoms in total. The Kier molecular flexibility index (Phi) is 3.40. The van der Waals surface area contributed by atoms with Gasteiger partial charge < -0.3 is 9.64 Å². The standard InChI is InChI=1S/C18H22N2O2/c1-17(2,3)22-16(21)20-10-9-18(12-20)8-7-14-13(11-19)5-4-6-15(14)18/h4-6H,7-10,12H2,1-3H3. The first kappa shape index (κ1) is 14.9. The van der Waals surface area contributed by atoms with Crippen molar-refractivity contribution in [3.05, 3.63) is 34.9 Å². The van der Waals surface area contributed by atoms with Crippen LogP contribution in [0.3, 0.4) is 0 Å². The van der Waals surface area contributed by atoms with Crippen LogP contribution in [0.1, 0.15) is 50.3 Å². The molecular weight excluding hydrogens is 276 g/mol. The second-order valence-corrected chi connectivity index (χ2v) is 7.38. The van der Waals surface area contributed by atoms with E-state index in [2.05, 4.69) is 12.1 Å². The Bertz CT molecular complexity index is 654. The molecular formula is C18H22N2O2. The summed E-state index contributed by atoms with van der Waals surface area (Å²) in [6, 6.07) is 8.27. The van der Waals surface area contributed by atoms with Crippen LogP contribution in [0.15, 0.2) is 18.2 Å². The molecule has 1 aromatic rings. The minimum absolute atomic E-state index is 0.0130. The summed E-state index contributed by atoms with van der Waals surface area (Å²) in [5.41, 5.74) is 2.77. The molecule has 1 aromatic carbocycles. The maximum atomic E-state index is 12.3. The number of likely N-dealkylation sites (tertiary alicyclic amines) is 1. The molecule has 1 heterocycles. The number of ether oxygens (including phenoxy) is 1. The number of fused-ring (bicyclic) bond motifs is 2. The normalized spacial score (nSPS) is 23.5. The van der Waals surface area contributed by atoms with Crippen molar-refractivity contribution < 1.29 is 9.53 Å². The molecule has 1 saturated heterocycles. The van der Waals surface area contributed by atoms with Crippen molar-refractivity contribution in [1.82, 2.24) is 4.90 Å². The molecule has 0 saturated carbocycles. The van der Waals surface area contributed by atoms with E-state index in [1.807, 2.05) is 37.8 Å². The number of carbonyl (C=O) groups excluding carboxylic acids is 1. The molecule has 1 fully saturated rings. The van der Waals surface area contributed by atoms with Gasteiger partial charge in [0.1, 0.15) is 5.60 Å². The van der Waals surface area contributed by atoms with E-state index in [0.717, 1.165) is 31.4 Å². The highest BCUT2D eigenvalue weighted by Gasteiger charge is 2.46. The van der Waals surface area contributed by atoms with Gasteiger partial charge in [0.15, 0.2) is 0 Å². The number of benzene rings is 1. The van der Waals surface area contributed by atoms with Crippen molar-refractivity contribution in [3.8, 4) is 6.07 Å². The first-order valence-corrected chi connectivity index (χ1v) is 7.85. The van der Waals surface area contributed by atoms with E-state index in [1.54, 1.807) is 0 Å². The fourth-order valence-electron chi connectivity index (χ4n) is 3.74. The Balaban J connectivity index is 1.83. The van der Waals surface area contributed by atoms with Crippen molar-refractivity contribution in [1.29, 1.82) is 5.26 Å². The van der Waals surface area contributed by atoms with Crippen LogP contribution in [0.4, 0.5) is 4.79 Å². The molecule has 1 atom stereocenters. The predicted octanol–water partition coefficient (Wildman–Crippen LogP) is 3.38. The summed E-state index contributed by atoms with van der Waals surface area (Å²) in [4.78, 5) is 14.1. The number of nitrogens with zero attached hydrogens (tertiary/aromatic N) is 2. The van der Waals surface area contributed by atoms with Gasteiger partial charge in [-0.25, -0.2) is 4.79 Å². The second-order valence-electron chi connectivity index (χ2n) is 7.38. The summed E-state index contributed by atoms with van der Waals surface area (Å²) in [7, 11) is 0. The zero-order valence-electron chi connectivity index (χ0n) is 13.5. The Morgan fingerprint density at radius 2 is 2.14 bits per heavy atom. The van der Waals surface area contributed by atoms with Gasteiger partial charge in [-0.1, -0.05) is 12.1 Å². The maximum absolute atomic E-state index is 12.3. The zero-order chi connectivity index (χ0) is 16.0. The topological polar surface area (TPSA) is 53.3 Å². The molecule has 0 bridgehead atoms. The van der Waals surface area contributed by atoms with Crippen LogP contribution < -0.4 is 0 Å². The minimum atomic E-state index is -0.464. The number of carbonyl (C=O) groups is 1. The molecule has 1 amide bonds. The fraction of sp³-hybridized carbons (Fsp3) is 0.556. The Hall–Kier alpha value is -2.02. The maximum Gasteiger partial charge on any atom is 0.410 e. The van der Waals surface area contributed by atoms with Crippen LogP contribution in [0, 0.1) is 11.3 Å². The third-order valence-electron chi connectivity index (χ3n) is 4.73.